The molecule has 1 aliphatic heterocycles. The van der Waals surface area contributed by atoms with Crippen molar-refractivity contribution >= 4 is 41.9 Å². The summed E-state index contributed by atoms with van der Waals surface area (Å²) in [6.07, 6.45) is -4.13. The summed E-state index contributed by atoms with van der Waals surface area (Å²) in [6, 6.07) is -2.45. The highest BCUT2D eigenvalue weighted by atomic mass is 19.1. The highest BCUT2D eigenvalue weighted by molar-refractivity contribution is 5.97. The van der Waals surface area contributed by atoms with E-state index in [0.717, 1.165) is 6.34 Å². The number of aliphatic hydroxyl groups is 3. The van der Waals surface area contributed by atoms with Crippen molar-refractivity contribution in [3.05, 3.63) is 22.5 Å². The minimum absolute atomic E-state index is 0.0170. The number of nitrogens with zero attached hydrogens (tertiary/aromatic N) is 3. The molecular formula is C31H53FN10O11. The highest BCUT2D eigenvalue weighted by Gasteiger charge is 2.44. The number of aromatic nitrogens is 2. The number of carbonyl (C=O) groups is 5. The molecule has 0 radical (unpaired) electrons. The Kier molecular flexibility index (Phi) is 20.1. The Balaban J connectivity index is 0.00000690. The quantitative estimate of drug-likeness (QED) is 0.0407. The lowest BCUT2D eigenvalue weighted by Crippen LogP contribution is -2.52. The van der Waals surface area contributed by atoms with Gasteiger partial charge in [-0.25, -0.2) is 14.0 Å². The fourth-order valence-corrected chi connectivity index (χ4v) is 4.75. The molecule has 0 bridgehead atoms. The van der Waals surface area contributed by atoms with Crippen molar-refractivity contribution in [3.8, 4) is 0 Å². The number of aliphatic hydroxyl groups excluding tert-OH is 3. The van der Waals surface area contributed by atoms with E-state index in [4.69, 9.17) is 15.2 Å². The molecule has 12 N–H and O–H groups in total. The molecule has 300 valence electrons. The van der Waals surface area contributed by atoms with Crippen molar-refractivity contribution in [2.75, 3.05) is 38.6 Å². The Labute approximate surface area is 305 Å². The smallest absolute Gasteiger partial charge is 0.408 e. The molecule has 0 spiro atoms. The van der Waals surface area contributed by atoms with Gasteiger partial charge in [-0.2, -0.15) is 4.98 Å². The van der Waals surface area contributed by atoms with Crippen LogP contribution in [-0.4, -0.2) is 130 Å². The van der Waals surface area contributed by atoms with Crippen molar-refractivity contribution in [1.82, 2.24) is 30.8 Å². The predicted octanol–water partition coefficient (Wildman–Crippen LogP) is -2.92. The van der Waals surface area contributed by atoms with Gasteiger partial charge in [-0.05, 0) is 59.9 Å². The van der Waals surface area contributed by atoms with Crippen molar-refractivity contribution in [1.29, 1.82) is 0 Å². The number of amides is 5. The van der Waals surface area contributed by atoms with Gasteiger partial charge in [0.25, 0.3) is 0 Å². The van der Waals surface area contributed by atoms with E-state index in [2.05, 4.69) is 42.3 Å². The van der Waals surface area contributed by atoms with E-state index in [9.17, 15) is 44.1 Å². The Bertz CT molecular complexity index is 1460. The Morgan fingerprint density at radius 3 is 2.28 bits per heavy atom. The SMILES string of the molecule is CC(=O)NCCCCC(NC(=O)CNC(=O)C(CCCN=CN)NC(=O)OC(C)(C)C)C(=O)Nc1nc(=O)n(C2OC(CO)C(O)C2O)cc1F.CN. The molecule has 21 nitrogen and oxygen atoms in total. The van der Waals surface area contributed by atoms with Crippen LogP contribution < -0.4 is 43.7 Å². The zero-order valence-electron chi connectivity index (χ0n) is 30.5. The number of nitrogens with two attached hydrogens (primary N) is 2. The molecule has 6 unspecified atom stereocenters. The number of carbonyl (C=O) groups excluding carboxylic acids is 5. The molecule has 0 saturated carbocycles. The number of hydrogen-bond donors (Lipinski definition) is 10. The minimum Gasteiger partial charge on any atom is -0.444 e. The Morgan fingerprint density at radius 2 is 1.70 bits per heavy atom. The number of halogens is 1. The standard InChI is InChI=1S/C30H48FN9O11.CH5N/c1-16(42)34-11-6-5-8-19(26(47)38-24-17(31)13-40(28(48)39-24)27-23(45)22(44)20(14-41)50-27)36-21(43)12-35-25(46)18(9-7-10-33-15-32)37-29(49)51-30(2,3)4;1-2/h13,15,18-20,22-23,27,41,44-45H,5-12,14H2,1-4H3,(H2,32,33)(H,34,42)(H,35,46)(H,36,43)(H,37,49)(H,38,39,47,48);2H2,1H3. The number of nitrogens with one attached hydrogen (secondary N) is 5. The third-order valence-corrected chi connectivity index (χ3v) is 7.20. The zero-order valence-corrected chi connectivity index (χ0v) is 30.5. The number of rotatable bonds is 18. The van der Waals surface area contributed by atoms with Gasteiger partial charge in [-0.15, -0.1) is 0 Å². The van der Waals surface area contributed by atoms with E-state index in [1.807, 2.05) is 0 Å². The number of aliphatic imine (C=N–C) groups is 1. The fourth-order valence-electron chi connectivity index (χ4n) is 4.75. The molecule has 6 atom stereocenters. The number of unbranched alkanes of at least 4 members (excludes halogenated alkanes) is 1. The van der Waals surface area contributed by atoms with Crippen LogP contribution in [0.2, 0.25) is 0 Å². The van der Waals surface area contributed by atoms with E-state index >= 15 is 4.39 Å². The van der Waals surface area contributed by atoms with E-state index in [1.165, 1.54) is 14.0 Å². The first-order valence-corrected chi connectivity index (χ1v) is 16.8. The zero-order chi connectivity index (χ0) is 40.3. The van der Waals surface area contributed by atoms with Crippen molar-refractivity contribution < 1.29 is 53.2 Å². The minimum atomic E-state index is -1.70. The molecule has 2 rings (SSSR count). The summed E-state index contributed by atoms with van der Waals surface area (Å²) in [5, 5.41) is 41.5. The van der Waals surface area contributed by atoms with Gasteiger partial charge in [0.1, 0.15) is 36.0 Å². The number of hydrogen-bond acceptors (Lipinski definition) is 14. The molecule has 2 heterocycles. The van der Waals surface area contributed by atoms with Gasteiger partial charge in [-0.3, -0.25) is 28.7 Å². The second-order valence-corrected chi connectivity index (χ2v) is 12.6. The maximum Gasteiger partial charge on any atom is 0.408 e. The summed E-state index contributed by atoms with van der Waals surface area (Å²) in [7, 11) is 1.50. The Hall–Kier alpha value is -4.77. The van der Waals surface area contributed by atoms with Crippen LogP contribution in [0.4, 0.5) is 15.0 Å². The lowest BCUT2D eigenvalue weighted by Gasteiger charge is -2.23. The molecule has 1 aromatic rings. The molecule has 1 aliphatic rings. The fraction of sp³-hybridized carbons (Fsp3) is 0.677. The predicted molar refractivity (Wildman–Crippen MR) is 188 cm³/mol. The normalized spacial score (nSPS) is 19.3. The van der Waals surface area contributed by atoms with Gasteiger partial charge in [0.2, 0.25) is 23.6 Å². The van der Waals surface area contributed by atoms with Crippen LogP contribution in [0.3, 0.4) is 0 Å². The van der Waals surface area contributed by atoms with Crippen molar-refractivity contribution in [3.63, 3.8) is 0 Å². The lowest BCUT2D eigenvalue weighted by atomic mass is 10.1. The van der Waals surface area contributed by atoms with E-state index in [-0.39, 0.29) is 31.8 Å². The van der Waals surface area contributed by atoms with E-state index in [0.29, 0.717) is 30.0 Å². The number of alkyl carbamates (subject to hydrolysis) is 1. The third-order valence-electron chi connectivity index (χ3n) is 7.20. The van der Waals surface area contributed by atoms with Gasteiger partial charge < -0.3 is 62.8 Å². The van der Waals surface area contributed by atoms with Gasteiger partial charge in [0.05, 0.1) is 25.7 Å². The maximum absolute atomic E-state index is 15.1. The van der Waals surface area contributed by atoms with Crippen LogP contribution in [-0.2, 0) is 28.7 Å². The first-order chi connectivity index (χ1) is 25.0. The van der Waals surface area contributed by atoms with Gasteiger partial charge in [-0.1, -0.05) is 0 Å². The van der Waals surface area contributed by atoms with Crippen LogP contribution in [0.5, 0.6) is 0 Å². The van der Waals surface area contributed by atoms with Crippen LogP contribution in [0.25, 0.3) is 0 Å². The van der Waals surface area contributed by atoms with Gasteiger partial charge in [0.15, 0.2) is 17.9 Å². The average Bonchev–Trinajstić information content (AvgIpc) is 3.37. The Morgan fingerprint density at radius 1 is 1.06 bits per heavy atom. The molecule has 22 heteroatoms. The molecule has 5 amide bonds. The summed E-state index contributed by atoms with van der Waals surface area (Å²) >= 11 is 0. The van der Waals surface area contributed by atoms with E-state index in [1.54, 1.807) is 20.8 Å². The van der Waals surface area contributed by atoms with Gasteiger partial charge >= 0.3 is 11.8 Å². The summed E-state index contributed by atoms with van der Waals surface area (Å²) in [5.74, 6) is -4.85. The molecule has 53 heavy (non-hydrogen) atoms. The molecule has 1 fully saturated rings. The largest absolute Gasteiger partial charge is 0.444 e. The van der Waals surface area contributed by atoms with Crippen molar-refractivity contribution in [2.24, 2.45) is 16.5 Å². The van der Waals surface area contributed by atoms with Crippen LogP contribution in [0.1, 0.15) is 66.0 Å². The van der Waals surface area contributed by atoms with E-state index < -0.39 is 96.5 Å². The lowest BCUT2D eigenvalue weighted by molar-refractivity contribution is -0.129. The summed E-state index contributed by atoms with van der Waals surface area (Å²) in [5.41, 5.74) is 7.72. The second kappa shape index (κ2) is 23.0. The second-order valence-electron chi connectivity index (χ2n) is 12.6. The van der Waals surface area contributed by atoms with Crippen molar-refractivity contribution in [2.45, 2.75) is 102 Å². The monoisotopic (exact) mass is 760 g/mol. The summed E-state index contributed by atoms with van der Waals surface area (Å²) in [4.78, 5) is 82.7. The maximum atomic E-state index is 15.1. The molecule has 0 aromatic carbocycles. The molecule has 1 saturated heterocycles. The molecule has 1 aromatic heterocycles. The number of ether oxygens (including phenoxy) is 2. The van der Waals surface area contributed by atoms with Crippen LogP contribution in [0.15, 0.2) is 16.0 Å². The van der Waals surface area contributed by atoms with Gasteiger partial charge in [0, 0.05) is 20.0 Å². The summed E-state index contributed by atoms with van der Waals surface area (Å²) in [6.45, 7) is 5.47. The molecular weight excluding hydrogens is 707 g/mol. The first kappa shape index (κ1) is 46.3. The summed E-state index contributed by atoms with van der Waals surface area (Å²) < 4.78 is 26.1. The number of anilines is 1. The average molecular weight is 761 g/mol. The third kappa shape index (κ3) is 16.2. The first-order valence-electron chi connectivity index (χ1n) is 16.8. The van der Waals surface area contributed by atoms with Crippen LogP contribution in [0, 0.1) is 5.82 Å². The highest BCUT2D eigenvalue weighted by Crippen LogP contribution is 2.28. The topological polar surface area (TPSA) is 324 Å². The molecule has 0 aliphatic carbocycles. The van der Waals surface area contributed by atoms with Crippen LogP contribution >= 0.6 is 0 Å².